The van der Waals surface area contributed by atoms with E-state index in [1.54, 1.807) is 6.07 Å². The van der Waals surface area contributed by atoms with E-state index >= 15 is 0 Å². The molecule has 4 nitrogen and oxygen atoms in total. The fraction of sp³-hybridized carbons (Fsp3) is 0. The molecule has 0 amide bonds. The Kier molecular flexibility index (Phi) is 4.95. The zero-order chi connectivity index (χ0) is 7.61. The van der Waals surface area contributed by atoms with E-state index < -0.39 is 10.0 Å². The smallest absolute Gasteiger partial charge is 0.558 e. The van der Waals surface area contributed by atoms with E-state index in [0.717, 1.165) is 0 Å². The van der Waals surface area contributed by atoms with Crippen LogP contribution in [0.25, 0.3) is 5.14 Å². The van der Waals surface area contributed by atoms with Gasteiger partial charge in [-0.1, -0.05) is 6.07 Å². The summed E-state index contributed by atoms with van der Waals surface area (Å²) in [5.74, 6) is 0. The van der Waals surface area contributed by atoms with Gasteiger partial charge in [-0.15, -0.1) is 0 Å². The summed E-state index contributed by atoms with van der Waals surface area (Å²) < 4.78 is 20.9. The molecular formula is C5H5KN2O2S. The molecule has 0 atom stereocenters. The normalized spacial score (nSPS) is 10.3. The second-order valence-electron chi connectivity index (χ2n) is 1.67. The largest absolute Gasteiger partial charge is 1.00 e. The Balaban J connectivity index is 0.000001000. The number of rotatable bonds is 1. The van der Waals surface area contributed by atoms with Crippen molar-refractivity contribution in [1.82, 2.24) is 4.98 Å². The first-order valence-corrected chi connectivity index (χ1v) is 4.00. The van der Waals surface area contributed by atoms with Crippen LogP contribution in [0.2, 0.25) is 0 Å². The predicted molar refractivity (Wildman–Crippen MR) is 35.7 cm³/mol. The van der Waals surface area contributed by atoms with Crippen molar-refractivity contribution < 1.29 is 59.8 Å². The molecule has 0 saturated heterocycles. The molecule has 1 aromatic rings. The van der Waals surface area contributed by atoms with Gasteiger partial charge < -0.3 is 5.14 Å². The molecule has 0 fully saturated rings. The minimum absolute atomic E-state index is 0. The molecule has 0 saturated carbocycles. The summed E-state index contributed by atoms with van der Waals surface area (Å²) in [5.41, 5.74) is 0. The van der Waals surface area contributed by atoms with Gasteiger partial charge in [0.25, 0.3) is 0 Å². The Bertz CT molecular complexity index is 311. The Morgan fingerprint density at radius 3 is 2.27 bits per heavy atom. The summed E-state index contributed by atoms with van der Waals surface area (Å²) in [4.78, 5) is 3.47. The van der Waals surface area contributed by atoms with Crippen molar-refractivity contribution in [3.63, 3.8) is 0 Å². The maximum Gasteiger partial charge on any atom is 1.00 e. The van der Waals surface area contributed by atoms with Gasteiger partial charge in [0, 0.05) is 6.20 Å². The molecule has 6 heteroatoms. The third kappa shape index (κ3) is 3.75. The number of nitrogens with zero attached hydrogens (tertiary/aromatic N) is 1. The molecular weight excluding hydrogens is 191 g/mol. The van der Waals surface area contributed by atoms with Gasteiger partial charge in [-0.2, -0.15) is 0 Å². The molecule has 0 spiro atoms. The summed E-state index contributed by atoms with van der Waals surface area (Å²) in [6, 6.07) is 4.39. The molecule has 11 heavy (non-hydrogen) atoms. The maximum absolute atomic E-state index is 10.4. The quantitative estimate of drug-likeness (QED) is 0.480. The second-order valence-corrected chi connectivity index (χ2v) is 3.10. The topological polar surface area (TPSA) is 70.8 Å². The summed E-state index contributed by atoms with van der Waals surface area (Å²) in [7, 11) is -3.86. The van der Waals surface area contributed by atoms with Crippen LogP contribution in [0.1, 0.15) is 0 Å². The van der Waals surface area contributed by atoms with Gasteiger partial charge >= 0.3 is 51.4 Å². The number of nitrogens with one attached hydrogen (secondary N) is 1. The Morgan fingerprint density at radius 1 is 1.36 bits per heavy atom. The summed E-state index contributed by atoms with van der Waals surface area (Å²) in [5, 5.41) is 6.37. The molecule has 0 aliphatic carbocycles. The first-order chi connectivity index (χ1) is 4.61. The molecule has 0 aliphatic heterocycles. The molecule has 54 valence electrons. The van der Waals surface area contributed by atoms with Crippen LogP contribution in [0, 0.1) is 0 Å². The monoisotopic (exact) mass is 196 g/mol. The van der Waals surface area contributed by atoms with Crippen LogP contribution < -0.4 is 51.4 Å². The van der Waals surface area contributed by atoms with E-state index in [0.29, 0.717) is 0 Å². The number of pyridine rings is 1. The second kappa shape index (κ2) is 4.66. The van der Waals surface area contributed by atoms with E-state index in [-0.39, 0.29) is 56.4 Å². The van der Waals surface area contributed by atoms with E-state index in [1.165, 1.54) is 18.3 Å². The van der Waals surface area contributed by atoms with E-state index in [2.05, 4.69) is 4.98 Å². The summed E-state index contributed by atoms with van der Waals surface area (Å²) in [6.07, 6.45) is 1.33. The molecule has 0 aliphatic rings. The van der Waals surface area contributed by atoms with E-state index in [9.17, 15) is 8.42 Å². The van der Waals surface area contributed by atoms with Crippen molar-refractivity contribution in [3.8, 4) is 0 Å². The van der Waals surface area contributed by atoms with Gasteiger partial charge in [0.15, 0.2) is 0 Å². The average Bonchev–Trinajstić information content (AvgIpc) is 1.88. The van der Waals surface area contributed by atoms with Crippen molar-refractivity contribution in [2.75, 3.05) is 0 Å². The number of hydrogen-bond donors (Lipinski definition) is 0. The molecule has 0 bridgehead atoms. The number of sulfonamides is 1. The third-order valence-electron chi connectivity index (χ3n) is 0.913. The van der Waals surface area contributed by atoms with E-state index in [4.69, 9.17) is 5.14 Å². The molecule has 0 unspecified atom stereocenters. The van der Waals surface area contributed by atoms with Crippen LogP contribution in [0.5, 0.6) is 0 Å². The van der Waals surface area contributed by atoms with Crippen LogP contribution in [0.3, 0.4) is 0 Å². The first kappa shape index (κ1) is 11.7. The van der Waals surface area contributed by atoms with E-state index in [1.807, 2.05) is 0 Å². The predicted octanol–water partition coefficient (Wildman–Crippen LogP) is -2.17. The van der Waals surface area contributed by atoms with Gasteiger partial charge in [0.2, 0.25) is 0 Å². The fourth-order valence-electron chi connectivity index (χ4n) is 0.506. The van der Waals surface area contributed by atoms with Crippen LogP contribution in [0.15, 0.2) is 29.4 Å². The third-order valence-corrected chi connectivity index (χ3v) is 1.71. The number of hydrogen-bond acceptors (Lipinski definition) is 3. The molecule has 1 aromatic heterocycles. The zero-order valence-corrected chi connectivity index (χ0v) is 9.92. The van der Waals surface area contributed by atoms with Crippen LogP contribution >= 0.6 is 0 Å². The van der Waals surface area contributed by atoms with Gasteiger partial charge in [-0.25, -0.2) is 13.4 Å². The Hall–Kier alpha value is 0.696. The van der Waals surface area contributed by atoms with Gasteiger partial charge in [-0.05, 0) is 12.1 Å². The molecule has 0 radical (unpaired) electrons. The first-order valence-electron chi connectivity index (χ1n) is 2.51. The zero-order valence-electron chi connectivity index (χ0n) is 5.98. The average molecular weight is 196 g/mol. The van der Waals surface area contributed by atoms with Crippen molar-refractivity contribution in [3.05, 3.63) is 29.5 Å². The molecule has 1 N–H and O–H groups in total. The van der Waals surface area contributed by atoms with Crippen molar-refractivity contribution in [1.29, 1.82) is 0 Å². The van der Waals surface area contributed by atoms with Crippen LogP contribution in [-0.2, 0) is 10.0 Å². The fourth-order valence-corrected chi connectivity index (χ4v) is 0.963. The molecule has 1 rings (SSSR count). The standard InChI is InChI=1S/C5H5N2O2S.K/c6-10(8,9)5-3-1-2-4-7-5;/h1-4H,(H-,6,8,9);/q-1;+1. The minimum Gasteiger partial charge on any atom is -0.558 e. The maximum atomic E-state index is 10.4. The van der Waals surface area contributed by atoms with Gasteiger partial charge in [0.1, 0.15) is 15.0 Å². The Morgan fingerprint density at radius 2 is 2.00 bits per heavy atom. The molecule has 0 aromatic carbocycles. The number of aromatic nitrogens is 1. The molecule has 1 heterocycles. The van der Waals surface area contributed by atoms with Crippen molar-refractivity contribution >= 4 is 10.0 Å². The van der Waals surface area contributed by atoms with Gasteiger partial charge in [-0.3, -0.25) is 0 Å². The van der Waals surface area contributed by atoms with Crippen molar-refractivity contribution in [2.45, 2.75) is 5.03 Å². The van der Waals surface area contributed by atoms with Crippen molar-refractivity contribution in [2.24, 2.45) is 0 Å². The summed E-state index contributed by atoms with van der Waals surface area (Å²) >= 11 is 0. The van der Waals surface area contributed by atoms with Crippen LogP contribution in [0.4, 0.5) is 0 Å². The van der Waals surface area contributed by atoms with Crippen LogP contribution in [-0.4, -0.2) is 13.4 Å². The minimum atomic E-state index is -3.86. The Labute approximate surface area is 108 Å². The van der Waals surface area contributed by atoms with Gasteiger partial charge in [0.05, 0.1) is 0 Å². The SMILES string of the molecule is [K+].[NH-]S(=O)(=O)c1ccccn1. The summed E-state index contributed by atoms with van der Waals surface area (Å²) in [6.45, 7) is 0.